The Kier molecular flexibility index (Phi) is 9.41. The van der Waals surface area contributed by atoms with E-state index < -0.39 is 0 Å². The van der Waals surface area contributed by atoms with Crippen LogP contribution in [0.5, 0.6) is 0 Å². The number of rotatable bonds is 8. The van der Waals surface area contributed by atoms with Gasteiger partial charge in [0.2, 0.25) is 0 Å². The van der Waals surface area contributed by atoms with Gasteiger partial charge in [-0.15, -0.1) is 0 Å². The fourth-order valence-corrected chi connectivity index (χ4v) is 1.25. The number of nitrogens with one attached hydrogen (secondary N) is 2. The lowest BCUT2D eigenvalue weighted by molar-refractivity contribution is -0.0203. The number of nitrogens with zero attached hydrogens (tertiary/aromatic N) is 2. The van der Waals surface area contributed by atoms with Gasteiger partial charge >= 0.3 is 0 Å². The molecule has 0 rings (SSSR count). The number of hydrazine groups is 1. The fourth-order valence-electron chi connectivity index (χ4n) is 1.25. The van der Waals surface area contributed by atoms with Crippen molar-refractivity contribution in [3.63, 3.8) is 0 Å². The number of hydrogen-bond donors (Lipinski definition) is 2. The highest BCUT2D eigenvalue weighted by molar-refractivity contribution is 5.74. The Morgan fingerprint density at radius 2 is 2.18 bits per heavy atom. The van der Waals surface area contributed by atoms with Crippen LogP contribution in [0.4, 0.5) is 0 Å². The highest BCUT2D eigenvalue weighted by atomic mass is 16.5. The average molecular weight is 244 g/mol. The first-order valence-electron chi connectivity index (χ1n) is 5.76. The molecule has 6 heteroatoms. The van der Waals surface area contributed by atoms with Gasteiger partial charge < -0.3 is 14.4 Å². The molecule has 0 radical (unpaired) electrons. The highest BCUT2D eigenvalue weighted by Gasteiger charge is 2.18. The Morgan fingerprint density at radius 3 is 2.65 bits per heavy atom. The number of aliphatic imine (C=N–C) groups is 1. The van der Waals surface area contributed by atoms with Gasteiger partial charge in [0, 0.05) is 19.9 Å². The Morgan fingerprint density at radius 1 is 1.47 bits per heavy atom. The van der Waals surface area contributed by atoms with Crippen LogP contribution < -0.4 is 10.9 Å². The van der Waals surface area contributed by atoms with Crippen molar-refractivity contribution in [2.75, 3.05) is 33.9 Å². The molecule has 0 spiro atoms. The van der Waals surface area contributed by atoms with Crippen LogP contribution in [0.25, 0.3) is 0 Å². The SMILES string of the molecule is C=CN=C(OCC)N(C)C(CNNC)OCC. The van der Waals surface area contributed by atoms with Gasteiger partial charge in [-0.2, -0.15) is 0 Å². The molecule has 0 heterocycles. The third-order valence-corrected chi connectivity index (χ3v) is 2.02. The maximum Gasteiger partial charge on any atom is 0.293 e. The molecule has 2 N–H and O–H groups in total. The number of ether oxygens (including phenoxy) is 2. The van der Waals surface area contributed by atoms with Crippen LogP contribution in [0, 0.1) is 0 Å². The van der Waals surface area contributed by atoms with Crippen LogP contribution in [0.2, 0.25) is 0 Å². The van der Waals surface area contributed by atoms with Crippen LogP contribution in [0.15, 0.2) is 17.8 Å². The number of hydrogen-bond acceptors (Lipinski definition) is 5. The van der Waals surface area contributed by atoms with E-state index >= 15 is 0 Å². The van der Waals surface area contributed by atoms with Gasteiger partial charge in [-0.3, -0.25) is 10.9 Å². The number of likely N-dealkylation sites (N-methyl/N-ethyl adjacent to an activating group) is 1. The summed E-state index contributed by atoms with van der Waals surface area (Å²) in [6, 6.07) is 0.499. The topological polar surface area (TPSA) is 58.1 Å². The summed E-state index contributed by atoms with van der Waals surface area (Å²) in [5, 5.41) is 0. The third-order valence-electron chi connectivity index (χ3n) is 2.02. The molecule has 0 bridgehead atoms. The molecule has 6 nitrogen and oxygen atoms in total. The van der Waals surface area contributed by atoms with E-state index in [1.54, 1.807) is 0 Å². The normalized spacial score (nSPS) is 13.3. The molecule has 0 aromatic carbocycles. The average Bonchev–Trinajstić information content (AvgIpc) is 2.33. The van der Waals surface area contributed by atoms with Crippen molar-refractivity contribution in [3.8, 4) is 0 Å². The van der Waals surface area contributed by atoms with E-state index in [1.807, 2.05) is 32.8 Å². The molecule has 17 heavy (non-hydrogen) atoms. The molecular weight excluding hydrogens is 220 g/mol. The zero-order valence-electron chi connectivity index (χ0n) is 11.2. The van der Waals surface area contributed by atoms with Crippen molar-refractivity contribution in [2.24, 2.45) is 4.99 Å². The first-order valence-corrected chi connectivity index (χ1v) is 5.76. The second kappa shape index (κ2) is 10.1. The van der Waals surface area contributed by atoms with Gasteiger partial charge in [0.15, 0.2) is 0 Å². The molecule has 1 atom stereocenters. The van der Waals surface area contributed by atoms with Crippen molar-refractivity contribution >= 4 is 6.02 Å². The van der Waals surface area contributed by atoms with Gasteiger partial charge in [-0.25, -0.2) is 4.99 Å². The third kappa shape index (κ3) is 6.25. The number of amidine groups is 1. The maximum atomic E-state index is 5.61. The summed E-state index contributed by atoms with van der Waals surface area (Å²) in [4.78, 5) is 5.91. The Labute approximate surface area is 104 Å². The van der Waals surface area contributed by atoms with E-state index in [2.05, 4.69) is 22.4 Å². The molecule has 0 aliphatic rings. The molecule has 0 saturated carbocycles. The lowest BCUT2D eigenvalue weighted by Gasteiger charge is -2.29. The summed E-state index contributed by atoms with van der Waals surface area (Å²) >= 11 is 0. The summed E-state index contributed by atoms with van der Waals surface area (Å²) in [6.45, 7) is 9.21. The molecule has 0 saturated heterocycles. The Hall–Kier alpha value is -1.11. The lowest BCUT2D eigenvalue weighted by atomic mass is 10.5. The molecule has 0 fully saturated rings. The summed E-state index contributed by atoms with van der Waals surface area (Å²) in [6.07, 6.45) is 1.30. The van der Waals surface area contributed by atoms with E-state index in [-0.39, 0.29) is 6.23 Å². The van der Waals surface area contributed by atoms with Gasteiger partial charge in [0.1, 0.15) is 6.23 Å². The summed E-state index contributed by atoms with van der Waals surface area (Å²) in [5.41, 5.74) is 5.86. The predicted octanol–water partition coefficient (Wildman–Crippen LogP) is 0.541. The van der Waals surface area contributed by atoms with Crippen molar-refractivity contribution < 1.29 is 9.47 Å². The van der Waals surface area contributed by atoms with Gasteiger partial charge in [0.05, 0.1) is 13.2 Å². The minimum Gasteiger partial charge on any atom is -0.465 e. The molecule has 0 aromatic heterocycles. The molecule has 0 aromatic rings. The smallest absolute Gasteiger partial charge is 0.293 e. The predicted molar refractivity (Wildman–Crippen MR) is 69.5 cm³/mol. The molecule has 0 aliphatic carbocycles. The van der Waals surface area contributed by atoms with Gasteiger partial charge in [0.25, 0.3) is 6.02 Å². The van der Waals surface area contributed by atoms with E-state index in [9.17, 15) is 0 Å². The minimum atomic E-state index is -0.155. The van der Waals surface area contributed by atoms with Crippen LogP contribution >= 0.6 is 0 Å². The molecule has 0 aliphatic heterocycles. The standard InChI is InChI=1S/C11H24N4O2/c1-6-13-11(17-8-3)15(5)10(16-7-2)9-14-12-4/h6,10,12,14H,1,7-9H2,2-5H3. The Balaban J connectivity index is 4.57. The van der Waals surface area contributed by atoms with Crippen molar-refractivity contribution in [1.29, 1.82) is 0 Å². The first-order chi connectivity index (χ1) is 8.21. The first kappa shape index (κ1) is 15.9. The summed E-state index contributed by atoms with van der Waals surface area (Å²) in [5.74, 6) is 0. The van der Waals surface area contributed by atoms with Crippen molar-refractivity contribution in [2.45, 2.75) is 20.1 Å². The molecule has 100 valence electrons. The second-order valence-corrected chi connectivity index (χ2v) is 3.18. The van der Waals surface area contributed by atoms with Crippen LogP contribution in [-0.4, -0.2) is 51.0 Å². The Bertz CT molecular complexity index is 234. The van der Waals surface area contributed by atoms with E-state index in [4.69, 9.17) is 9.47 Å². The van der Waals surface area contributed by atoms with Crippen molar-refractivity contribution in [1.82, 2.24) is 15.8 Å². The summed E-state index contributed by atoms with van der Waals surface area (Å²) in [7, 11) is 3.68. The van der Waals surface area contributed by atoms with Crippen LogP contribution in [0.1, 0.15) is 13.8 Å². The minimum absolute atomic E-state index is 0.155. The largest absolute Gasteiger partial charge is 0.465 e. The van der Waals surface area contributed by atoms with E-state index in [1.165, 1.54) is 6.20 Å². The highest BCUT2D eigenvalue weighted by Crippen LogP contribution is 2.02. The fraction of sp³-hybridized carbons (Fsp3) is 0.727. The zero-order chi connectivity index (χ0) is 13.1. The van der Waals surface area contributed by atoms with Gasteiger partial charge in [-0.05, 0) is 20.9 Å². The maximum absolute atomic E-state index is 5.61. The van der Waals surface area contributed by atoms with Gasteiger partial charge in [-0.1, -0.05) is 6.58 Å². The van der Waals surface area contributed by atoms with Crippen molar-refractivity contribution in [3.05, 3.63) is 12.8 Å². The zero-order valence-corrected chi connectivity index (χ0v) is 11.2. The van der Waals surface area contributed by atoms with Crippen LogP contribution in [0.3, 0.4) is 0 Å². The second-order valence-electron chi connectivity index (χ2n) is 3.18. The van der Waals surface area contributed by atoms with E-state index in [0.29, 0.717) is 25.8 Å². The summed E-state index contributed by atoms with van der Waals surface area (Å²) < 4.78 is 11.0. The molecule has 0 amide bonds. The quantitative estimate of drug-likeness (QED) is 0.282. The van der Waals surface area contributed by atoms with Crippen LogP contribution in [-0.2, 0) is 9.47 Å². The monoisotopic (exact) mass is 244 g/mol. The lowest BCUT2D eigenvalue weighted by Crippen LogP contribution is -2.48. The molecule has 1 unspecified atom stereocenters. The molecular formula is C11H24N4O2. The van der Waals surface area contributed by atoms with E-state index in [0.717, 1.165) is 0 Å².